The van der Waals surface area contributed by atoms with E-state index in [-0.39, 0.29) is 5.91 Å². The van der Waals surface area contributed by atoms with Crippen LogP contribution in [0.25, 0.3) is 0 Å². The zero-order valence-electron chi connectivity index (χ0n) is 11.6. The topological polar surface area (TPSA) is 67.6 Å². The molecule has 102 valence electrons. The molecule has 0 saturated carbocycles. The molecule has 0 saturated heterocycles. The summed E-state index contributed by atoms with van der Waals surface area (Å²) in [6, 6.07) is 0. The lowest BCUT2D eigenvalue weighted by atomic mass is 9.93. The number of hydrogen-bond acceptors (Lipinski definition) is 4. The number of hydrogen-bond donors (Lipinski definition) is 2. The van der Waals surface area contributed by atoms with Crippen molar-refractivity contribution in [2.75, 3.05) is 40.4 Å². The lowest BCUT2D eigenvalue weighted by molar-refractivity contribution is -0.126. The van der Waals surface area contributed by atoms with Gasteiger partial charge in [0.2, 0.25) is 5.91 Å². The molecule has 0 spiro atoms. The van der Waals surface area contributed by atoms with Gasteiger partial charge in [-0.15, -0.1) is 0 Å². The van der Waals surface area contributed by atoms with E-state index >= 15 is 0 Å². The van der Waals surface area contributed by atoms with Gasteiger partial charge in [-0.05, 0) is 26.9 Å². The summed E-state index contributed by atoms with van der Waals surface area (Å²) >= 11 is 0. The molecule has 17 heavy (non-hydrogen) atoms. The van der Waals surface area contributed by atoms with Crippen LogP contribution in [0.4, 0.5) is 0 Å². The second-order valence-corrected chi connectivity index (χ2v) is 4.53. The second-order valence-electron chi connectivity index (χ2n) is 4.53. The van der Waals surface area contributed by atoms with Crippen LogP contribution in [0.15, 0.2) is 0 Å². The van der Waals surface area contributed by atoms with Crippen LogP contribution in [-0.2, 0) is 9.53 Å². The normalized spacial score (nSPS) is 11.9. The summed E-state index contributed by atoms with van der Waals surface area (Å²) in [4.78, 5) is 13.8. The summed E-state index contributed by atoms with van der Waals surface area (Å²) in [7, 11) is 3.99. The predicted molar refractivity (Wildman–Crippen MR) is 69.9 cm³/mol. The van der Waals surface area contributed by atoms with Crippen molar-refractivity contribution in [3.05, 3.63) is 0 Å². The fourth-order valence-corrected chi connectivity index (χ4v) is 1.33. The SMILES string of the molecule is CCC(N)(CC)C(=O)NCCOCCN(C)C. The third kappa shape index (κ3) is 6.61. The minimum atomic E-state index is -0.733. The van der Waals surface area contributed by atoms with Gasteiger partial charge in [-0.2, -0.15) is 0 Å². The third-order valence-corrected chi connectivity index (χ3v) is 2.93. The number of nitrogens with two attached hydrogens (primary N) is 1. The van der Waals surface area contributed by atoms with Crippen molar-refractivity contribution in [3.63, 3.8) is 0 Å². The first-order valence-corrected chi connectivity index (χ1v) is 6.26. The minimum Gasteiger partial charge on any atom is -0.378 e. The molecule has 5 nitrogen and oxygen atoms in total. The van der Waals surface area contributed by atoms with E-state index < -0.39 is 5.54 Å². The van der Waals surface area contributed by atoms with E-state index in [9.17, 15) is 4.79 Å². The van der Waals surface area contributed by atoms with Crippen molar-refractivity contribution < 1.29 is 9.53 Å². The van der Waals surface area contributed by atoms with Gasteiger partial charge in [-0.25, -0.2) is 0 Å². The van der Waals surface area contributed by atoms with Gasteiger partial charge in [0.15, 0.2) is 0 Å². The Morgan fingerprint density at radius 1 is 1.29 bits per heavy atom. The smallest absolute Gasteiger partial charge is 0.240 e. The van der Waals surface area contributed by atoms with Crippen LogP contribution in [0.2, 0.25) is 0 Å². The maximum atomic E-state index is 11.8. The minimum absolute atomic E-state index is 0.0845. The highest BCUT2D eigenvalue weighted by Crippen LogP contribution is 2.10. The lowest BCUT2D eigenvalue weighted by Gasteiger charge is -2.25. The summed E-state index contributed by atoms with van der Waals surface area (Å²) in [6.07, 6.45) is 1.30. The second kappa shape index (κ2) is 8.44. The summed E-state index contributed by atoms with van der Waals surface area (Å²) in [5, 5.41) is 2.81. The largest absolute Gasteiger partial charge is 0.378 e. The van der Waals surface area contributed by atoms with Crippen LogP contribution in [-0.4, -0.2) is 56.7 Å². The zero-order valence-corrected chi connectivity index (χ0v) is 11.6. The number of nitrogens with one attached hydrogen (secondary N) is 1. The Morgan fingerprint density at radius 2 is 1.88 bits per heavy atom. The molecule has 0 aromatic heterocycles. The van der Waals surface area contributed by atoms with Crippen molar-refractivity contribution in [2.24, 2.45) is 5.73 Å². The van der Waals surface area contributed by atoms with Crippen LogP contribution in [0.3, 0.4) is 0 Å². The Labute approximate surface area is 105 Å². The Morgan fingerprint density at radius 3 is 2.35 bits per heavy atom. The van der Waals surface area contributed by atoms with E-state index in [1.807, 2.05) is 27.9 Å². The van der Waals surface area contributed by atoms with Gasteiger partial charge in [-0.3, -0.25) is 4.79 Å². The van der Waals surface area contributed by atoms with Crippen molar-refractivity contribution >= 4 is 5.91 Å². The number of nitrogens with zero attached hydrogens (tertiary/aromatic N) is 1. The number of amides is 1. The van der Waals surface area contributed by atoms with Gasteiger partial charge < -0.3 is 20.7 Å². The molecule has 3 N–H and O–H groups in total. The number of ether oxygens (including phenoxy) is 1. The van der Waals surface area contributed by atoms with Crippen LogP contribution < -0.4 is 11.1 Å². The van der Waals surface area contributed by atoms with E-state index in [0.29, 0.717) is 32.6 Å². The Balaban J connectivity index is 3.64. The van der Waals surface area contributed by atoms with Crippen LogP contribution in [0, 0.1) is 0 Å². The zero-order chi connectivity index (χ0) is 13.3. The van der Waals surface area contributed by atoms with Crippen molar-refractivity contribution in [1.29, 1.82) is 0 Å². The highest BCUT2D eigenvalue weighted by atomic mass is 16.5. The van der Waals surface area contributed by atoms with E-state index in [1.165, 1.54) is 0 Å². The number of carbonyl (C=O) groups excluding carboxylic acids is 1. The fraction of sp³-hybridized carbons (Fsp3) is 0.917. The molecule has 0 aromatic carbocycles. The molecule has 0 unspecified atom stereocenters. The monoisotopic (exact) mass is 245 g/mol. The van der Waals surface area contributed by atoms with Gasteiger partial charge in [0.25, 0.3) is 0 Å². The molecule has 0 aliphatic rings. The molecular weight excluding hydrogens is 218 g/mol. The predicted octanol–water partition coefficient (Wildman–Crippen LogP) is 0.198. The molecule has 0 radical (unpaired) electrons. The maximum Gasteiger partial charge on any atom is 0.240 e. The number of likely N-dealkylation sites (N-methyl/N-ethyl adjacent to an activating group) is 1. The average molecular weight is 245 g/mol. The average Bonchev–Trinajstić information content (AvgIpc) is 2.31. The highest BCUT2D eigenvalue weighted by Gasteiger charge is 2.29. The Hall–Kier alpha value is -0.650. The molecular formula is C12H27N3O2. The first kappa shape index (κ1) is 16.4. The van der Waals surface area contributed by atoms with Crippen LogP contribution >= 0.6 is 0 Å². The molecule has 5 heteroatoms. The van der Waals surface area contributed by atoms with Crippen LogP contribution in [0.5, 0.6) is 0 Å². The van der Waals surface area contributed by atoms with Gasteiger partial charge in [0.05, 0.1) is 18.8 Å². The van der Waals surface area contributed by atoms with E-state index in [2.05, 4.69) is 10.2 Å². The summed E-state index contributed by atoms with van der Waals surface area (Å²) in [5.74, 6) is -0.0845. The fourth-order valence-electron chi connectivity index (χ4n) is 1.33. The number of rotatable bonds is 9. The molecule has 0 heterocycles. The molecule has 0 rings (SSSR count). The summed E-state index contributed by atoms with van der Waals surface area (Å²) in [6.45, 7) is 6.47. The van der Waals surface area contributed by atoms with E-state index in [1.54, 1.807) is 0 Å². The molecule has 0 atom stereocenters. The molecule has 0 aliphatic heterocycles. The van der Waals surface area contributed by atoms with Gasteiger partial charge >= 0.3 is 0 Å². The van der Waals surface area contributed by atoms with Gasteiger partial charge in [0.1, 0.15) is 0 Å². The van der Waals surface area contributed by atoms with E-state index in [4.69, 9.17) is 10.5 Å². The standard InChI is InChI=1S/C12H27N3O2/c1-5-12(13,6-2)11(16)14-7-9-17-10-8-15(3)4/h5-10,13H2,1-4H3,(H,14,16). The third-order valence-electron chi connectivity index (χ3n) is 2.93. The first-order valence-electron chi connectivity index (χ1n) is 6.26. The van der Waals surface area contributed by atoms with Crippen molar-refractivity contribution in [1.82, 2.24) is 10.2 Å². The van der Waals surface area contributed by atoms with Gasteiger partial charge in [-0.1, -0.05) is 13.8 Å². The van der Waals surface area contributed by atoms with Gasteiger partial charge in [0, 0.05) is 13.1 Å². The van der Waals surface area contributed by atoms with Crippen molar-refractivity contribution in [2.45, 2.75) is 32.2 Å². The molecule has 0 fully saturated rings. The highest BCUT2D eigenvalue weighted by molar-refractivity contribution is 5.85. The first-order chi connectivity index (χ1) is 7.96. The Bertz CT molecular complexity index is 216. The quantitative estimate of drug-likeness (QED) is 0.569. The summed E-state index contributed by atoms with van der Waals surface area (Å²) in [5.41, 5.74) is 5.23. The summed E-state index contributed by atoms with van der Waals surface area (Å²) < 4.78 is 5.38. The maximum absolute atomic E-state index is 11.8. The molecule has 0 bridgehead atoms. The Kier molecular flexibility index (Phi) is 8.12. The lowest BCUT2D eigenvalue weighted by Crippen LogP contribution is -2.53. The van der Waals surface area contributed by atoms with Crippen molar-refractivity contribution in [3.8, 4) is 0 Å². The molecule has 1 amide bonds. The number of carbonyl (C=O) groups is 1. The van der Waals surface area contributed by atoms with Crippen LogP contribution in [0.1, 0.15) is 26.7 Å². The molecule has 0 aromatic rings. The van der Waals surface area contributed by atoms with E-state index in [0.717, 1.165) is 6.54 Å². The molecule has 0 aliphatic carbocycles.